The Labute approximate surface area is 253 Å². The molecule has 3 aromatic heterocycles. The second-order valence-corrected chi connectivity index (χ2v) is 10.9. The standard InChI is InChI=1S/C35H28N6O3/c1-20-16-23(17-24(19-42)31(20)43)35(44)40-29-12-9-22-18-25(10-11-26(22)29)41-33(27-8-5-15-37-32(27)36)39-30-14-13-28(38-34(30)41)21-6-3-2-4-7-21/h2-8,10-11,13-19,29,43H,9,12H2,1H3,(H2,36,37)(H,40,44)/t29-/m0/s1. The van der Waals surface area contributed by atoms with Gasteiger partial charge < -0.3 is 16.2 Å². The molecule has 3 aromatic carbocycles. The van der Waals surface area contributed by atoms with E-state index >= 15 is 0 Å². The van der Waals surface area contributed by atoms with Gasteiger partial charge in [-0.05, 0) is 85.0 Å². The van der Waals surface area contributed by atoms with Crippen LogP contribution in [0.1, 0.15) is 49.9 Å². The molecule has 1 atom stereocenters. The maximum atomic E-state index is 13.2. The lowest BCUT2D eigenvalue weighted by atomic mass is 10.0. The minimum absolute atomic E-state index is 0.0910. The molecule has 1 aliphatic carbocycles. The predicted molar refractivity (Wildman–Crippen MR) is 169 cm³/mol. The summed E-state index contributed by atoms with van der Waals surface area (Å²) in [5.74, 6) is 0.601. The number of amides is 1. The van der Waals surface area contributed by atoms with Crippen molar-refractivity contribution in [3.8, 4) is 34.1 Å². The Morgan fingerprint density at radius 1 is 1.02 bits per heavy atom. The molecule has 44 heavy (non-hydrogen) atoms. The Balaban J connectivity index is 1.29. The minimum atomic E-state index is -0.300. The van der Waals surface area contributed by atoms with Gasteiger partial charge in [-0.2, -0.15) is 0 Å². The number of nitrogens with two attached hydrogens (primary N) is 1. The lowest BCUT2D eigenvalue weighted by Gasteiger charge is -2.16. The third-order valence-corrected chi connectivity index (χ3v) is 8.14. The number of nitrogens with zero attached hydrogens (tertiary/aromatic N) is 4. The molecule has 4 N–H and O–H groups in total. The average molecular weight is 581 g/mol. The summed E-state index contributed by atoms with van der Waals surface area (Å²) in [5.41, 5.74) is 14.2. The van der Waals surface area contributed by atoms with Crippen LogP contribution in [0.5, 0.6) is 5.75 Å². The van der Waals surface area contributed by atoms with E-state index in [1.165, 1.54) is 6.07 Å². The first-order valence-electron chi connectivity index (χ1n) is 14.3. The normalized spacial score (nSPS) is 14.0. The SMILES string of the molecule is Cc1cc(C(=O)N[C@H]2CCc3cc(-n4c(-c5cccnc5N)nc5ccc(-c6ccccc6)nc54)ccc32)cc(C=O)c1O. The Morgan fingerprint density at radius 2 is 1.86 bits per heavy atom. The van der Waals surface area contributed by atoms with Gasteiger partial charge in [-0.15, -0.1) is 0 Å². The fourth-order valence-corrected chi connectivity index (χ4v) is 5.92. The van der Waals surface area contributed by atoms with E-state index in [-0.39, 0.29) is 23.3 Å². The summed E-state index contributed by atoms with van der Waals surface area (Å²) in [5, 5.41) is 13.2. The molecule has 1 amide bonds. The summed E-state index contributed by atoms with van der Waals surface area (Å²) in [6.07, 6.45) is 3.70. The third-order valence-electron chi connectivity index (χ3n) is 8.14. The number of carbonyl (C=O) groups excluding carboxylic acids is 2. The minimum Gasteiger partial charge on any atom is -0.507 e. The molecule has 1 aliphatic rings. The Kier molecular flexibility index (Phi) is 6.62. The number of fused-ring (bicyclic) bond motifs is 2. The number of phenols is 1. The fourth-order valence-electron chi connectivity index (χ4n) is 5.92. The lowest BCUT2D eigenvalue weighted by Crippen LogP contribution is -2.27. The highest BCUT2D eigenvalue weighted by Gasteiger charge is 2.27. The van der Waals surface area contributed by atoms with Crippen LogP contribution in [0.3, 0.4) is 0 Å². The summed E-state index contributed by atoms with van der Waals surface area (Å²) in [6, 6.07) is 26.6. The number of aromatic hydroxyl groups is 1. The number of carbonyl (C=O) groups is 2. The Morgan fingerprint density at radius 3 is 2.66 bits per heavy atom. The number of anilines is 1. The van der Waals surface area contributed by atoms with Crippen LogP contribution in [0.25, 0.3) is 39.5 Å². The highest BCUT2D eigenvalue weighted by Crippen LogP contribution is 2.36. The number of nitrogens with one attached hydrogen (secondary N) is 1. The van der Waals surface area contributed by atoms with Crippen LogP contribution in [0.15, 0.2) is 91.1 Å². The van der Waals surface area contributed by atoms with Crippen LogP contribution in [-0.2, 0) is 6.42 Å². The molecule has 3 heterocycles. The third kappa shape index (κ3) is 4.64. The molecule has 7 rings (SSSR count). The van der Waals surface area contributed by atoms with Gasteiger partial charge in [0.05, 0.1) is 22.9 Å². The van der Waals surface area contributed by atoms with E-state index < -0.39 is 0 Å². The summed E-state index contributed by atoms with van der Waals surface area (Å²) >= 11 is 0. The summed E-state index contributed by atoms with van der Waals surface area (Å²) in [6.45, 7) is 1.66. The van der Waals surface area contributed by atoms with Crippen LogP contribution in [0, 0.1) is 6.92 Å². The second-order valence-electron chi connectivity index (χ2n) is 10.9. The zero-order valence-corrected chi connectivity index (χ0v) is 23.9. The van der Waals surface area contributed by atoms with E-state index in [4.69, 9.17) is 15.7 Å². The average Bonchev–Trinajstić information content (AvgIpc) is 3.63. The first-order chi connectivity index (χ1) is 21.4. The molecule has 9 nitrogen and oxygen atoms in total. The van der Waals surface area contributed by atoms with E-state index in [1.807, 2.05) is 71.3 Å². The molecular formula is C35H28N6O3. The molecule has 216 valence electrons. The van der Waals surface area contributed by atoms with E-state index in [2.05, 4.69) is 16.4 Å². The van der Waals surface area contributed by atoms with Crippen molar-refractivity contribution in [2.24, 2.45) is 0 Å². The van der Waals surface area contributed by atoms with Crippen molar-refractivity contribution in [3.63, 3.8) is 0 Å². The summed E-state index contributed by atoms with van der Waals surface area (Å²) < 4.78 is 2.02. The number of imidazole rings is 1. The maximum absolute atomic E-state index is 13.2. The molecule has 0 spiro atoms. The van der Waals surface area contributed by atoms with Crippen molar-refractivity contribution in [2.45, 2.75) is 25.8 Å². The number of rotatable bonds is 6. The molecular weight excluding hydrogens is 552 g/mol. The highest BCUT2D eigenvalue weighted by atomic mass is 16.3. The molecule has 0 bridgehead atoms. The van der Waals surface area contributed by atoms with Crippen LogP contribution >= 0.6 is 0 Å². The monoisotopic (exact) mass is 580 g/mol. The van der Waals surface area contributed by atoms with Crippen LogP contribution in [0.4, 0.5) is 5.82 Å². The molecule has 9 heteroatoms. The van der Waals surface area contributed by atoms with Gasteiger partial charge in [0, 0.05) is 23.0 Å². The molecule has 0 saturated heterocycles. The van der Waals surface area contributed by atoms with E-state index in [0.29, 0.717) is 40.3 Å². The Bertz CT molecular complexity index is 2090. The zero-order valence-electron chi connectivity index (χ0n) is 23.9. The molecule has 6 aromatic rings. The molecule has 0 radical (unpaired) electrons. The molecule has 0 aliphatic heterocycles. The molecule has 0 unspecified atom stereocenters. The number of aryl methyl sites for hydroxylation is 2. The van der Waals surface area contributed by atoms with E-state index in [9.17, 15) is 14.7 Å². The first kappa shape index (κ1) is 27.0. The quantitative estimate of drug-likeness (QED) is 0.206. The highest BCUT2D eigenvalue weighted by molar-refractivity contribution is 5.97. The van der Waals surface area contributed by atoms with Gasteiger partial charge in [0.2, 0.25) is 0 Å². The number of phenolic OH excluding ortho intramolecular Hbond substituents is 1. The number of benzene rings is 3. The van der Waals surface area contributed by atoms with Gasteiger partial charge in [-0.25, -0.2) is 15.0 Å². The molecule has 0 saturated carbocycles. The number of nitrogen functional groups attached to an aromatic ring is 1. The zero-order chi connectivity index (χ0) is 30.4. The number of aldehydes is 1. The van der Waals surface area contributed by atoms with Crippen LogP contribution in [0.2, 0.25) is 0 Å². The lowest BCUT2D eigenvalue weighted by molar-refractivity contribution is 0.0936. The largest absolute Gasteiger partial charge is 0.507 e. The Hall–Kier alpha value is -5.83. The maximum Gasteiger partial charge on any atom is 0.251 e. The first-order valence-corrected chi connectivity index (χ1v) is 14.3. The van der Waals surface area contributed by atoms with Crippen molar-refractivity contribution < 1.29 is 14.7 Å². The number of hydrogen-bond donors (Lipinski definition) is 3. The molecule has 0 fully saturated rings. The van der Waals surface area contributed by atoms with E-state index in [0.717, 1.165) is 46.4 Å². The van der Waals surface area contributed by atoms with Crippen molar-refractivity contribution in [1.82, 2.24) is 24.8 Å². The van der Waals surface area contributed by atoms with Crippen molar-refractivity contribution in [1.29, 1.82) is 0 Å². The predicted octanol–water partition coefficient (Wildman–Crippen LogP) is 5.98. The number of aromatic nitrogens is 4. The summed E-state index contributed by atoms with van der Waals surface area (Å²) in [4.78, 5) is 38.9. The van der Waals surface area contributed by atoms with Crippen molar-refractivity contribution in [3.05, 3.63) is 119 Å². The fraction of sp³-hybridized carbons (Fsp3) is 0.114. The van der Waals surface area contributed by atoms with Gasteiger partial charge in [-0.3, -0.25) is 14.2 Å². The number of pyridine rings is 2. The number of hydrogen-bond acceptors (Lipinski definition) is 7. The van der Waals surface area contributed by atoms with Crippen molar-refractivity contribution in [2.75, 3.05) is 5.73 Å². The van der Waals surface area contributed by atoms with Gasteiger partial charge >= 0.3 is 0 Å². The van der Waals surface area contributed by atoms with Gasteiger partial charge in [-0.1, -0.05) is 36.4 Å². The topological polar surface area (TPSA) is 136 Å². The smallest absolute Gasteiger partial charge is 0.251 e. The van der Waals surface area contributed by atoms with Crippen molar-refractivity contribution >= 4 is 29.2 Å². The van der Waals surface area contributed by atoms with E-state index in [1.54, 1.807) is 19.2 Å². The van der Waals surface area contributed by atoms with Crippen LogP contribution < -0.4 is 11.1 Å². The van der Waals surface area contributed by atoms with Crippen LogP contribution in [-0.4, -0.2) is 36.8 Å². The van der Waals surface area contributed by atoms with Gasteiger partial charge in [0.1, 0.15) is 17.1 Å². The van der Waals surface area contributed by atoms with Gasteiger partial charge in [0.15, 0.2) is 17.8 Å². The second kappa shape index (κ2) is 10.8. The summed E-state index contributed by atoms with van der Waals surface area (Å²) in [7, 11) is 0. The van der Waals surface area contributed by atoms with Gasteiger partial charge in [0.25, 0.3) is 5.91 Å².